The van der Waals surface area contributed by atoms with E-state index >= 15 is 0 Å². The van der Waals surface area contributed by atoms with Gasteiger partial charge in [-0.1, -0.05) is 68.0 Å². The molecule has 1 N–H and O–H groups in total. The average molecular weight is 722 g/mol. The van der Waals surface area contributed by atoms with Crippen molar-refractivity contribution in [3.05, 3.63) is 59.2 Å². The number of nitrogens with one attached hydrogen (secondary N) is 1. The van der Waals surface area contributed by atoms with E-state index < -0.39 is 29.6 Å². The first-order chi connectivity index (χ1) is 24.4. The number of nitrogens with zero attached hydrogens (tertiary/aromatic N) is 4. The van der Waals surface area contributed by atoms with Crippen molar-refractivity contribution in [1.82, 2.24) is 24.9 Å². The summed E-state index contributed by atoms with van der Waals surface area (Å²) in [5.41, 5.74) is -0.605. The fourth-order valence-electron chi connectivity index (χ4n) is 8.76. The summed E-state index contributed by atoms with van der Waals surface area (Å²) in [5.74, 6) is -2.16. The second kappa shape index (κ2) is 14.8. The van der Waals surface area contributed by atoms with Crippen molar-refractivity contribution in [3.63, 3.8) is 0 Å². The van der Waals surface area contributed by atoms with Gasteiger partial charge in [-0.2, -0.15) is 0 Å². The van der Waals surface area contributed by atoms with Gasteiger partial charge < -0.3 is 29.7 Å². The highest BCUT2D eigenvalue weighted by molar-refractivity contribution is 6.31. The third-order valence-corrected chi connectivity index (χ3v) is 11.5. The summed E-state index contributed by atoms with van der Waals surface area (Å²) in [6.07, 6.45) is 11.1. The molecule has 0 radical (unpaired) electrons. The van der Waals surface area contributed by atoms with Crippen molar-refractivity contribution >= 4 is 47.1 Å². The fraction of sp³-hybridized carbons (Fsp3) is 0.579. The third kappa shape index (κ3) is 6.91. The molecule has 5 amide bonds. The van der Waals surface area contributed by atoms with Crippen LogP contribution in [0.25, 0.3) is 0 Å². The Balaban J connectivity index is 1.25. The summed E-state index contributed by atoms with van der Waals surface area (Å²) >= 11 is 6.43. The van der Waals surface area contributed by atoms with E-state index in [1.807, 2.05) is 30.4 Å². The molecule has 6 rings (SSSR count). The number of carbonyl (C=O) groups excluding carboxylic acids is 6. The average Bonchev–Trinajstić information content (AvgIpc) is 3.82. The molecule has 5 aliphatic heterocycles. The minimum atomic E-state index is -1.30. The van der Waals surface area contributed by atoms with Gasteiger partial charge in [0.15, 0.2) is 0 Å². The minimum absolute atomic E-state index is 0.154. The van der Waals surface area contributed by atoms with Gasteiger partial charge in [-0.05, 0) is 56.1 Å². The zero-order valence-electron chi connectivity index (χ0n) is 29.8. The number of methoxy groups -OCH3 is 1. The quantitative estimate of drug-likeness (QED) is 0.306. The molecule has 1 spiro atoms. The van der Waals surface area contributed by atoms with Crippen molar-refractivity contribution in [3.8, 4) is 0 Å². The van der Waals surface area contributed by atoms with E-state index in [0.29, 0.717) is 62.2 Å². The van der Waals surface area contributed by atoms with Crippen LogP contribution in [0, 0.1) is 11.8 Å². The molecule has 5 aliphatic rings. The number of hydrogen-bond donors (Lipinski definition) is 1. The summed E-state index contributed by atoms with van der Waals surface area (Å²) in [6.45, 7) is 5.91. The summed E-state index contributed by atoms with van der Waals surface area (Å²) in [4.78, 5) is 88.9. The molecule has 0 saturated carbocycles. The normalized spacial score (nSPS) is 29.0. The van der Waals surface area contributed by atoms with E-state index in [0.717, 1.165) is 0 Å². The fourth-order valence-corrected chi connectivity index (χ4v) is 8.97. The smallest absolute Gasteiger partial charge is 0.325 e. The van der Waals surface area contributed by atoms with Crippen molar-refractivity contribution < 1.29 is 33.5 Å². The molecule has 7 atom stereocenters. The van der Waals surface area contributed by atoms with Gasteiger partial charge in [0.1, 0.15) is 30.2 Å². The lowest BCUT2D eigenvalue weighted by Gasteiger charge is -2.45. The Kier molecular flexibility index (Phi) is 10.6. The number of halogens is 1. The van der Waals surface area contributed by atoms with Gasteiger partial charge in [-0.15, -0.1) is 0 Å². The Morgan fingerprint density at radius 1 is 1.04 bits per heavy atom. The Hall–Kier alpha value is -4.19. The van der Waals surface area contributed by atoms with E-state index in [9.17, 15) is 28.8 Å². The number of amides is 5. The zero-order valence-corrected chi connectivity index (χ0v) is 30.5. The molecule has 0 aliphatic carbocycles. The summed E-state index contributed by atoms with van der Waals surface area (Å²) in [5, 5.41) is 3.25. The first kappa shape index (κ1) is 36.6. The number of fused-ring (bicyclic) bond motifs is 2. The van der Waals surface area contributed by atoms with Gasteiger partial charge in [0.2, 0.25) is 23.6 Å². The van der Waals surface area contributed by atoms with Crippen LogP contribution in [0.1, 0.15) is 64.9 Å². The largest absolute Gasteiger partial charge is 0.468 e. The van der Waals surface area contributed by atoms with Crippen LogP contribution in [0.15, 0.2) is 48.6 Å². The lowest BCUT2D eigenvalue weighted by molar-refractivity contribution is -0.158. The number of likely N-dealkylation sites (tertiary alicyclic amines) is 2. The number of carbonyl (C=O) groups is 6. The van der Waals surface area contributed by atoms with Crippen molar-refractivity contribution in [1.29, 1.82) is 0 Å². The zero-order chi connectivity index (χ0) is 36.6. The van der Waals surface area contributed by atoms with Crippen LogP contribution in [0.5, 0.6) is 0 Å². The molecule has 12 nitrogen and oxygen atoms in total. The van der Waals surface area contributed by atoms with Crippen LogP contribution >= 0.6 is 11.6 Å². The molecule has 274 valence electrons. The highest BCUT2D eigenvalue weighted by atomic mass is 35.5. The first-order valence-electron chi connectivity index (χ1n) is 18.1. The second-order valence-corrected chi connectivity index (χ2v) is 15.3. The van der Waals surface area contributed by atoms with E-state index in [1.54, 1.807) is 32.9 Å². The van der Waals surface area contributed by atoms with Crippen molar-refractivity contribution in [2.24, 2.45) is 11.8 Å². The SMILES string of the molecule is COC(=O)CN1C(=O)[C@@H]2[C@@H](C=C[C@H]1CC(C)C)CCN2C(=O)[C@@H]1CC[C@H]2C=C[C@]3(CCCN3C(=O)[C@H](Cc3ccccc3Cl)NC(C)=O)C(=O)N21. The summed E-state index contributed by atoms with van der Waals surface area (Å²) in [6, 6.07) is 3.94. The van der Waals surface area contributed by atoms with Gasteiger partial charge >= 0.3 is 5.97 Å². The topological polar surface area (TPSA) is 137 Å². The lowest BCUT2D eigenvalue weighted by atomic mass is 9.88. The molecule has 3 fully saturated rings. The number of hydrogen-bond acceptors (Lipinski definition) is 7. The molecular weight excluding hydrogens is 674 g/mol. The third-order valence-electron chi connectivity index (χ3n) is 11.1. The lowest BCUT2D eigenvalue weighted by Crippen LogP contribution is -2.65. The van der Waals surface area contributed by atoms with Crippen LogP contribution in [-0.4, -0.2) is 118 Å². The van der Waals surface area contributed by atoms with Crippen LogP contribution in [0.4, 0.5) is 0 Å². The van der Waals surface area contributed by atoms with Crippen LogP contribution in [0.3, 0.4) is 0 Å². The van der Waals surface area contributed by atoms with Crippen LogP contribution < -0.4 is 5.32 Å². The Labute approximate surface area is 304 Å². The predicted octanol–water partition coefficient (Wildman–Crippen LogP) is 2.88. The second-order valence-electron chi connectivity index (χ2n) is 14.9. The molecular formula is C38H48ClN5O7. The summed E-state index contributed by atoms with van der Waals surface area (Å²) in [7, 11) is 1.29. The highest BCUT2D eigenvalue weighted by Gasteiger charge is 2.58. The molecule has 0 aromatic heterocycles. The number of benzene rings is 1. The molecule has 0 bridgehead atoms. The van der Waals surface area contributed by atoms with E-state index in [4.69, 9.17) is 16.3 Å². The molecule has 3 saturated heterocycles. The van der Waals surface area contributed by atoms with Gasteiger partial charge in [0.05, 0.1) is 19.2 Å². The van der Waals surface area contributed by atoms with E-state index in [2.05, 4.69) is 19.2 Å². The molecule has 5 heterocycles. The number of ether oxygens (including phenoxy) is 1. The van der Waals surface area contributed by atoms with Crippen molar-refractivity contribution in [2.75, 3.05) is 26.7 Å². The first-order valence-corrected chi connectivity index (χ1v) is 18.4. The maximum Gasteiger partial charge on any atom is 0.325 e. The molecule has 1 aromatic carbocycles. The monoisotopic (exact) mass is 721 g/mol. The Morgan fingerprint density at radius 2 is 1.80 bits per heavy atom. The van der Waals surface area contributed by atoms with E-state index in [1.165, 1.54) is 18.9 Å². The maximum absolute atomic E-state index is 14.8. The van der Waals surface area contributed by atoms with Gasteiger partial charge in [0, 0.05) is 37.4 Å². The van der Waals surface area contributed by atoms with Crippen LogP contribution in [0.2, 0.25) is 5.02 Å². The standard InChI is InChI=1S/C38H48ClN5O7/c1-23(2)20-28-11-10-25-15-19-41(33(25)36(49)42(28)22-32(46)51-4)35(48)31-13-12-27-14-17-38(37(50)44(27)31)16-7-18-43(38)34(47)30(40-24(3)45)21-26-8-5-6-9-29(26)39/h5-6,8-11,14,17,23,25,27-28,30-31,33H,7,12-13,15-16,18-22H2,1-4H3,(H,40,45)/t25-,27-,28-,30-,31-,33-,38+/m0/s1. The van der Waals surface area contributed by atoms with Gasteiger partial charge in [-0.3, -0.25) is 28.8 Å². The Morgan fingerprint density at radius 3 is 2.51 bits per heavy atom. The number of esters is 1. The molecule has 13 heteroatoms. The minimum Gasteiger partial charge on any atom is -0.468 e. The van der Waals surface area contributed by atoms with Gasteiger partial charge in [-0.25, -0.2) is 0 Å². The Bertz CT molecular complexity index is 1650. The van der Waals surface area contributed by atoms with Crippen molar-refractivity contribution in [2.45, 2.75) is 101 Å². The molecule has 0 unspecified atom stereocenters. The maximum atomic E-state index is 14.8. The molecule has 51 heavy (non-hydrogen) atoms. The molecule has 1 aromatic rings. The summed E-state index contributed by atoms with van der Waals surface area (Å²) < 4.78 is 4.93. The predicted molar refractivity (Wildman–Crippen MR) is 189 cm³/mol. The van der Waals surface area contributed by atoms with E-state index in [-0.39, 0.29) is 66.4 Å². The highest BCUT2D eigenvalue weighted by Crippen LogP contribution is 2.42. The van der Waals surface area contributed by atoms with Gasteiger partial charge in [0.25, 0.3) is 5.91 Å². The number of rotatable bonds is 9. The van der Waals surface area contributed by atoms with Crippen LogP contribution in [-0.2, 0) is 39.9 Å².